The molecule has 0 saturated carbocycles. The lowest BCUT2D eigenvalue weighted by molar-refractivity contribution is 0.452. The molecule has 1 aromatic rings. The van der Waals surface area contributed by atoms with Crippen molar-refractivity contribution >= 4 is 23.2 Å². The lowest BCUT2D eigenvalue weighted by atomic mass is 10.7. The zero-order valence-electron chi connectivity index (χ0n) is 4.41. The highest BCUT2D eigenvalue weighted by molar-refractivity contribution is 6.40. The van der Waals surface area contributed by atoms with Gasteiger partial charge < -0.3 is 0 Å². The maximum Gasteiger partial charge on any atom is 0.270 e. The summed E-state index contributed by atoms with van der Waals surface area (Å²) in [5.74, 6) is -2.70. The van der Waals surface area contributed by atoms with Gasteiger partial charge in [-0.3, -0.25) is 0 Å². The third kappa shape index (κ3) is 1.33. The first-order chi connectivity index (χ1) is 4.61. The van der Waals surface area contributed by atoms with Gasteiger partial charge in [-0.15, -0.1) is 0 Å². The van der Waals surface area contributed by atoms with Gasteiger partial charge in [0.1, 0.15) is 0 Å². The van der Waals surface area contributed by atoms with Gasteiger partial charge in [0.2, 0.25) is 0 Å². The molecule has 0 fully saturated rings. The lowest BCUT2D eigenvalue weighted by Crippen LogP contribution is -1.94. The zero-order valence-corrected chi connectivity index (χ0v) is 5.92. The second-order valence-corrected chi connectivity index (χ2v) is 2.10. The van der Waals surface area contributed by atoms with Crippen molar-refractivity contribution in [2.45, 2.75) is 0 Å². The van der Waals surface area contributed by atoms with Crippen molar-refractivity contribution < 1.29 is 8.78 Å². The zero-order chi connectivity index (χ0) is 7.72. The Morgan fingerprint density at radius 1 is 0.900 bits per heavy atom. The van der Waals surface area contributed by atoms with Crippen LogP contribution in [0.3, 0.4) is 0 Å². The Balaban J connectivity index is 3.28. The van der Waals surface area contributed by atoms with Crippen LogP contribution in [0.25, 0.3) is 0 Å². The van der Waals surface area contributed by atoms with Crippen molar-refractivity contribution in [2.75, 3.05) is 0 Å². The van der Waals surface area contributed by atoms with Crippen molar-refractivity contribution in [3.8, 4) is 0 Å². The van der Waals surface area contributed by atoms with Gasteiger partial charge in [-0.1, -0.05) is 23.2 Å². The van der Waals surface area contributed by atoms with Crippen LogP contribution >= 0.6 is 23.2 Å². The maximum atomic E-state index is 12.1. The molecule has 0 N–H and O–H groups in total. The molecule has 0 radical (unpaired) electrons. The van der Waals surface area contributed by atoms with Crippen molar-refractivity contribution in [2.24, 2.45) is 0 Å². The summed E-state index contributed by atoms with van der Waals surface area (Å²) in [7, 11) is 0. The van der Waals surface area contributed by atoms with Crippen molar-refractivity contribution in [1.29, 1.82) is 0 Å². The Hall–Kier alpha value is -0.480. The fourth-order valence-corrected chi connectivity index (χ4v) is 0.590. The molecule has 0 atom stereocenters. The fraction of sp³-hybridized carbons (Fsp3) is 0. The van der Waals surface area contributed by atoms with Crippen LogP contribution < -0.4 is 0 Å². The minimum absolute atomic E-state index is 0.347. The predicted octanol–water partition coefficient (Wildman–Crippen LogP) is 2.06. The standard InChI is InChI=1S/C4Cl2F2N2/c5-1-2(6)10-4(8)3(7)9-1. The average molecular weight is 185 g/mol. The van der Waals surface area contributed by atoms with Crippen LogP contribution in [0.4, 0.5) is 8.78 Å². The van der Waals surface area contributed by atoms with E-state index >= 15 is 0 Å². The molecule has 0 bridgehead atoms. The monoisotopic (exact) mass is 184 g/mol. The highest BCUT2D eigenvalue weighted by Gasteiger charge is 2.08. The van der Waals surface area contributed by atoms with E-state index < -0.39 is 11.9 Å². The molecule has 0 saturated heterocycles. The Morgan fingerprint density at radius 3 is 1.50 bits per heavy atom. The molecule has 1 rings (SSSR count). The molecule has 0 aliphatic rings. The van der Waals surface area contributed by atoms with E-state index in [1.54, 1.807) is 0 Å². The summed E-state index contributed by atoms with van der Waals surface area (Å²) in [5.41, 5.74) is 0. The molecule has 0 amide bonds. The van der Waals surface area contributed by atoms with Gasteiger partial charge in [-0.2, -0.15) is 8.78 Å². The van der Waals surface area contributed by atoms with Crippen LogP contribution in [0.15, 0.2) is 0 Å². The average Bonchev–Trinajstić information content (AvgIpc) is 1.84. The first-order valence-electron chi connectivity index (χ1n) is 2.15. The van der Waals surface area contributed by atoms with Crippen LogP contribution in [0.5, 0.6) is 0 Å². The molecule has 1 heterocycles. The maximum absolute atomic E-state index is 12.1. The van der Waals surface area contributed by atoms with E-state index in [1.807, 2.05) is 0 Å². The van der Waals surface area contributed by atoms with Gasteiger partial charge >= 0.3 is 0 Å². The van der Waals surface area contributed by atoms with Crippen molar-refractivity contribution in [3.63, 3.8) is 0 Å². The number of nitrogens with zero attached hydrogens (tertiary/aromatic N) is 2. The third-order valence-corrected chi connectivity index (χ3v) is 1.36. The van der Waals surface area contributed by atoms with Gasteiger partial charge in [0.15, 0.2) is 10.3 Å². The van der Waals surface area contributed by atoms with Gasteiger partial charge in [-0.25, -0.2) is 9.97 Å². The molecule has 0 aromatic carbocycles. The molecule has 54 valence electrons. The summed E-state index contributed by atoms with van der Waals surface area (Å²) in [6.45, 7) is 0. The van der Waals surface area contributed by atoms with E-state index in [-0.39, 0.29) is 10.3 Å². The molecular formula is C4Cl2F2N2. The molecule has 10 heavy (non-hydrogen) atoms. The number of hydrogen-bond acceptors (Lipinski definition) is 2. The van der Waals surface area contributed by atoms with E-state index in [1.165, 1.54) is 0 Å². The number of hydrogen-bond donors (Lipinski definition) is 0. The molecule has 1 aromatic heterocycles. The van der Waals surface area contributed by atoms with Gasteiger partial charge in [-0.05, 0) is 0 Å². The van der Waals surface area contributed by atoms with Crippen LogP contribution in [-0.4, -0.2) is 9.97 Å². The molecular weight excluding hydrogens is 185 g/mol. The van der Waals surface area contributed by atoms with Gasteiger partial charge in [0.25, 0.3) is 11.9 Å². The van der Waals surface area contributed by atoms with E-state index in [4.69, 9.17) is 23.2 Å². The third-order valence-electron chi connectivity index (χ3n) is 0.733. The van der Waals surface area contributed by atoms with Gasteiger partial charge in [0.05, 0.1) is 0 Å². The van der Waals surface area contributed by atoms with Crippen molar-refractivity contribution in [3.05, 3.63) is 22.2 Å². The van der Waals surface area contributed by atoms with E-state index in [0.717, 1.165) is 0 Å². The summed E-state index contributed by atoms with van der Waals surface area (Å²) in [6.07, 6.45) is 0. The van der Waals surface area contributed by atoms with Crippen LogP contribution in [0, 0.1) is 11.9 Å². The predicted molar refractivity (Wildman–Crippen MR) is 32.0 cm³/mol. The molecule has 0 aliphatic carbocycles. The van der Waals surface area contributed by atoms with E-state index in [2.05, 4.69) is 9.97 Å². The summed E-state index contributed by atoms with van der Waals surface area (Å²) < 4.78 is 24.1. The smallest absolute Gasteiger partial charge is 0.200 e. The SMILES string of the molecule is Fc1nc(Cl)c(Cl)nc1F. The molecule has 0 spiro atoms. The lowest BCUT2D eigenvalue weighted by Gasteiger charge is -1.92. The van der Waals surface area contributed by atoms with E-state index in [9.17, 15) is 8.78 Å². The quantitative estimate of drug-likeness (QED) is 0.618. The Morgan fingerprint density at radius 2 is 1.20 bits per heavy atom. The highest BCUT2D eigenvalue weighted by Crippen LogP contribution is 2.16. The second-order valence-electron chi connectivity index (χ2n) is 1.39. The fourth-order valence-electron chi connectivity index (χ4n) is 0.357. The topological polar surface area (TPSA) is 25.8 Å². The Kier molecular flexibility index (Phi) is 2.01. The van der Waals surface area contributed by atoms with Crippen LogP contribution in [0.1, 0.15) is 0 Å². The molecule has 0 unspecified atom stereocenters. The summed E-state index contributed by atoms with van der Waals surface area (Å²) in [6, 6.07) is 0. The van der Waals surface area contributed by atoms with Crippen molar-refractivity contribution in [1.82, 2.24) is 9.97 Å². The van der Waals surface area contributed by atoms with Gasteiger partial charge in [0, 0.05) is 0 Å². The normalized spacial score (nSPS) is 10.0. The number of halogens is 4. The minimum atomic E-state index is -1.35. The largest absolute Gasteiger partial charge is 0.270 e. The van der Waals surface area contributed by atoms with Crippen LogP contribution in [-0.2, 0) is 0 Å². The first kappa shape index (κ1) is 7.63. The highest BCUT2D eigenvalue weighted by atomic mass is 35.5. The second kappa shape index (κ2) is 2.64. The molecule has 0 aliphatic heterocycles. The summed E-state index contributed by atoms with van der Waals surface area (Å²) in [4.78, 5) is 5.80. The molecule has 2 nitrogen and oxygen atoms in total. The summed E-state index contributed by atoms with van der Waals surface area (Å²) >= 11 is 10.3. The Bertz CT molecular complexity index is 215. The Labute approximate surface area is 64.8 Å². The number of aromatic nitrogens is 2. The summed E-state index contributed by atoms with van der Waals surface area (Å²) in [5, 5.41) is -0.693. The number of rotatable bonds is 0. The van der Waals surface area contributed by atoms with E-state index in [0.29, 0.717) is 0 Å². The first-order valence-corrected chi connectivity index (χ1v) is 2.91. The minimum Gasteiger partial charge on any atom is -0.200 e. The van der Waals surface area contributed by atoms with Crippen LogP contribution in [0.2, 0.25) is 10.3 Å². The molecule has 6 heteroatoms.